The third-order valence-corrected chi connectivity index (χ3v) is 6.68. The average Bonchev–Trinajstić information content (AvgIpc) is 3.15. The smallest absolute Gasteiger partial charge is 0.252 e. The second-order valence-electron chi connectivity index (χ2n) is 7.93. The summed E-state index contributed by atoms with van der Waals surface area (Å²) in [6.45, 7) is 1.99. The van der Waals surface area contributed by atoms with Crippen LogP contribution in [0.4, 0.5) is 0 Å². The molecule has 1 aliphatic rings. The third-order valence-electron chi connectivity index (χ3n) is 5.61. The molecule has 0 aliphatic carbocycles. The number of amides is 2. The molecule has 1 aromatic heterocycles. The van der Waals surface area contributed by atoms with Gasteiger partial charge in [-0.15, -0.1) is 16.9 Å². The molecule has 1 N–H and O–H groups in total. The molecule has 3 aromatic rings. The molecule has 2 aromatic carbocycles. The molecule has 8 nitrogen and oxygen atoms in total. The van der Waals surface area contributed by atoms with Gasteiger partial charge in [-0.2, -0.15) is 4.68 Å². The van der Waals surface area contributed by atoms with Crippen LogP contribution in [0.25, 0.3) is 5.69 Å². The van der Waals surface area contributed by atoms with Gasteiger partial charge in [-0.25, -0.2) is 0 Å². The van der Waals surface area contributed by atoms with Gasteiger partial charge in [-0.05, 0) is 47.5 Å². The Hall–Kier alpha value is -3.20. The Labute approximate surface area is 197 Å². The topological polar surface area (TPSA) is 93.0 Å². The molecule has 2 heterocycles. The maximum Gasteiger partial charge on any atom is 0.252 e. The lowest BCUT2D eigenvalue weighted by atomic mass is 10.2. The number of tetrazole rings is 1. The minimum Gasteiger partial charge on any atom is -0.351 e. The third kappa shape index (κ3) is 6.19. The molecule has 0 spiro atoms. The van der Waals surface area contributed by atoms with Crippen LogP contribution in [0.3, 0.4) is 0 Å². The lowest BCUT2D eigenvalue weighted by Crippen LogP contribution is -2.35. The Morgan fingerprint density at radius 3 is 2.45 bits per heavy atom. The SMILES string of the molecule is O=C(NCCC(=O)N1CCCCCC1)c1ccccc1SCc1nnnn1-c1ccccc1. The van der Waals surface area contributed by atoms with Crippen molar-refractivity contribution in [2.24, 2.45) is 0 Å². The number of nitrogens with one attached hydrogen (secondary N) is 1. The van der Waals surface area contributed by atoms with E-state index >= 15 is 0 Å². The van der Waals surface area contributed by atoms with E-state index in [2.05, 4.69) is 20.8 Å². The summed E-state index contributed by atoms with van der Waals surface area (Å²) < 4.78 is 1.70. The van der Waals surface area contributed by atoms with Crippen LogP contribution in [0.15, 0.2) is 59.5 Å². The second-order valence-corrected chi connectivity index (χ2v) is 8.95. The van der Waals surface area contributed by atoms with Crippen molar-refractivity contribution in [2.75, 3.05) is 19.6 Å². The van der Waals surface area contributed by atoms with Gasteiger partial charge in [0.05, 0.1) is 17.0 Å². The van der Waals surface area contributed by atoms with E-state index < -0.39 is 0 Å². The highest BCUT2D eigenvalue weighted by Gasteiger charge is 2.17. The number of thioether (sulfide) groups is 1. The van der Waals surface area contributed by atoms with Crippen molar-refractivity contribution >= 4 is 23.6 Å². The monoisotopic (exact) mass is 464 g/mol. The molecule has 172 valence electrons. The summed E-state index contributed by atoms with van der Waals surface area (Å²) in [5.74, 6) is 1.15. The van der Waals surface area contributed by atoms with E-state index in [0.29, 0.717) is 30.1 Å². The van der Waals surface area contributed by atoms with Gasteiger partial charge < -0.3 is 10.2 Å². The number of carbonyl (C=O) groups excluding carboxylic acids is 2. The van der Waals surface area contributed by atoms with Gasteiger partial charge in [-0.1, -0.05) is 43.2 Å². The second kappa shape index (κ2) is 11.6. The van der Waals surface area contributed by atoms with Crippen LogP contribution >= 0.6 is 11.8 Å². The van der Waals surface area contributed by atoms with Gasteiger partial charge in [0.2, 0.25) is 5.91 Å². The lowest BCUT2D eigenvalue weighted by molar-refractivity contribution is -0.131. The van der Waals surface area contributed by atoms with Crippen molar-refractivity contribution in [2.45, 2.75) is 42.8 Å². The number of hydrogen-bond acceptors (Lipinski definition) is 6. The minimum atomic E-state index is -0.176. The Morgan fingerprint density at radius 2 is 1.67 bits per heavy atom. The first-order chi connectivity index (χ1) is 16.2. The molecule has 1 aliphatic heterocycles. The summed E-state index contributed by atoms with van der Waals surface area (Å²) in [7, 11) is 0. The Morgan fingerprint density at radius 1 is 0.939 bits per heavy atom. The van der Waals surface area contributed by atoms with Crippen LogP contribution in [-0.4, -0.2) is 56.6 Å². The number of carbonyl (C=O) groups is 2. The molecule has 9 heteroatoms. The van der Waals surface area contributed by atoms with Crippen LogP contribution in [-0.2, 0) is 10.5 Å². The zero-order valence-electron chi connectivity index (χ0n) is 18.5. The molecule has 0 unspecified atom stereocenters. The summed E-state index contributed by atoms with van der Waals surface area (Å²) in [5, 5.41) is 14.9. The number of hydrogen-bond donors (Lipinski definition) is 1. The van der Waals surface area contributed by atoms with Crippen molar-refractivity contribution < 1.29 is 9.59 Å². The molecule has 0 saturated carbocycles. The van der Waals surface area contributed by atoms with Gasteiger partial charge >= 0.3 is 0 Å². The number of likely N-dealkylation sites (tertiary alicyclic amines) is 1. The van der Waals surface area contributed by atoms with Crippen molar-refractivity contribution in [1.82, 2.24) is 30.4 Å². The Balaban J connectivity index is 1.33. The predicted molar refractivity (Wildman–Crippen MR) is 127 cm³/mol. The normalized spacial score (nSPS) is 14.0. The minimum absolute atomic E-state index is 0.118. The lowest BCUT2D eigenvalue weighted by Gasteiger charge is -2.20. The van der Waals surface area contributed by atoms with Gasteiger partial charge in [-0.3, -0.25) is 9.59 Å². The molecule has 1 saturated heterocycles. The summed E-state index contributed by atoms with van der Waals surface area (Å²) in [6, 6.07) is 17.2. The van der Waals surface area contributed by atoms with Crippen molar-refractivity contribution in [3.8, 4) is 5.69 Å². The van der Waals surface area contributed by atoms with Crippen LogP contribution in [0.1, 0.15) is 48.3 Å². The number of benzene rings is 2. The Bertz CT molecular complexity index is 1060. The van der Waals surface area contributed by atoms with Gasteiger partial charge in [0.25, 0.3) is 5.91 Å². The predicted octanol–water partition coefficient (Wildman–Crippen LogP) is 3.48. The fraction of sp³-hybridized carbons (Fsp3) is 0.375. The van der Waals surface area contributed by atoms with E-state index in [9.17, 15) is 9.59 Å². The highest BCUT2D eigenvalue weighted by molar-refractivity contribution is 7.98. The van der Waals surface area contributed by atoms with E-state index in [0.717, 1.165) is 36.5 Å². The zero-order valence-corrected chi connectivity index (χ0v) is 19.3. The molecule has 0 bridgehead atoms. The van der Waals surface area contributed by atoms with E-state index in [1.54, 1.807) is 10.7 Å². The Kier molecular flexibility index (Phi) is 8.08. The van der Waals surface area contributed by atoms with Crippen LogP contribution in [0, 0.1) is 0 Å². The number of para-hydroxylation sites is 1. The van der Waals surface area contributed by atoms with Gasteiger partial charge in [0.1, 0.15) is 0 Å². The first-order valence-electron chi connectivity index (χ1n) is 11.3. The molecule has 2 amide bonds. The van der Waals surface area contributed by atoms with Crippen molar-refractivity contribution in [3.05, 3.63) is 66.0 Å². The number of nitrogens with zero attached hydrogens (tertiary/aromatic N) is 5. The fourth-order valence-corrected chi connectivity index (χ4v) is 4.80. The first kappa shape index (κ1) is 23.0. The largest absolute Gasteiger partial charge is 0.351 e. The number of aromatic nitrogens is 4. The van der Waals surface area contributed by atoms with E-state index in [-0.39, 0.29) is 11.8 Å². The van der Waals surface area contributed by atoms with E-state index in [4.69, 9.17) is 0 Å². The molecule has 1 fully saturated rings. The van der Waals surface area contributed by atoms with E-state index in [1.165, 1.54) is 24.6 Å². The molecular formula is C24H28N6O2S. The van der Waals surface area contributed by atoms with Crippen LogP contribution in [0.5, 0.6) is 0 Å². The first-order valence-corrected chi connectivity index (χ1v) is 12.3. The molecule has 4 rings (SSSR count). The molecular weight excluding hydrogens is 436 g/mol. The standard InChI is InChI=1S/C24H28N6O2S/c31-23(29-16-8-1-2-9-17-29)14-15-25-24(32)20-12-6-7-13-21(20)33-18-22-26-27-28-30(22)19-10-4-3-5-11-19/h3-7,10-13H,1-2,8-9,14-18H2,(H,25,32). The quantitative estimate of drug-likeness (QED) is 0.513. The summed E-state index contributed by atoms with van der Waals surface area (Å²) >= 11 is 1.51. The fourth-order valence-electron chi connectivity index (χ4n) is 3.84. The van der Waals surface area contributed by atoms with Crippen LogP contribution < -0.4 is 5.32 Å². The van der Waals surface area contributed by atoms with Crippen LogP contribution in [0.2, 0.25) is 0 Å². The zero-order chi connectivity index (χ0) is 22.9. The highest BCUT2D eigenvalue weighted by atomic mass is 32.2. The number of rotatable bonds is 8. The van der Waals surface area contributed by atoms with Crippen molar-refractivity contribution in [3.63, 3.8) is 0 Å². The van der Waals surface area contributed by atoms with Crippen molar-refractivity contribution in [1.29, 1.82) is 0 Å². The highest BCUT2D eigenvalue weighted by Crippen LogP contribution is 2.26. The average molecular weight is 465 g/mol. The van der Waals surface area contributed by atoms with Gasteiger partial charge in [0, 0.05) is 31.0 Å². The van der Waals surface area contributed by atoms with Gasteiger partial charge in [0.15, 0.2) is 5.82 Å². The maximum absolute atomic E-state index is 12.8. The molecule has 0 atom stereocenters. The van der Waals surface area contributed by atoms with E-state index in [1.807, 2.05) is 53.4 Å². The maximum atomic E-state index is 12.8. The summed E-state index contributed by atoms with van der Waals surface area (Å²) in [4.78, 5) is 28.1. The molecule has 0 radical (unpaired) electrons. The molecule has 33 heavy (non-hydrogen) atoms. The summed E-state index contributed by atoms with van der Waals surface area (Å²) in [5.41, 5.74) is 1.47. The summed E-state index contributed by atoms with van der Waals surface area (Å²) in [6.07, 6.45) is 4.83.